The first-order chi connectivity index (χ1) is 10.0. The van der Waals surface area contributed by atoms with E-state index in [0.717, 1.165) is 29.1 Å². The van der Waals surface area contributed by atoms with Gasteiger partial charge in [-0.15, -0.1) is 10.2 Å². The van der Waals surface area contributed by atoms with Gasteiger partial charge in [-0.05, 0) is 68.6 Å². The quantitative estimate of drug-likeness (QED) is 0.899. The molecule has 0 radical (unpaired) electrons. The van der Waals surface area contributed by atoms with Gasteiger partial charge in [0.2, 0.25) is 10.1 Å². The van der Waals surface area contributed by atoms with E-state index >= 15 is 0 Å². The number of anilines is 1. The van der Waals surface area contributed by atoms with Gasteiger partial charge < -0.3 is 11.1 Å². The Hall–Kier alpha value is -1.17. The lowest BCUT2D eigenvalue weighted by atomic mass is 9.48. The Morgan fingerprint density at radius 1 is 1.24 bits per heavy atom. The smallest absolute Gasteiger partial charge is 0.282 e. The number of hydrogen-bond donors (Lipinski definition) is 2. The molecule has 0 aromatic carbocycles. The van der Waals surface area contributed by atoms with Crippen LogP contribution in [0.15, 0.2) is 0 Å². The molecule has 0 saturated heterocycles. The maximum atomic E-state index is 12.3. The summed E-state index contributed by atoms with van der Waals surface area (Å²) in [5, 5.41) is 11.5. The molecule has 1 amide bonds. The average Bonchev–Trinajstić information content (AvgIpc) is 2.84. The predicted molar refractivity (Wildman–Crippen MR) is 81.9 cm³/mol. The summed E-state index contributed by atoms with van der Waals surface area (Å²) in [7, 11) is 0. The molecule has 1 atom stereocenters. The van der Waals surface area contributed by atoms with E-state index in [-0.39, 0.29) is 11.9 Å². The Morgan fingerprint density at radius 2 is 1.81 bits per heavy atom. The SMILES string of the molecule is CC(NC(=O)c1nnc(N)s1)C12CC3CC(CC(C3)C1)C2. The molecule has 1 heterocycles. The molecule has 4 aliphatic carbocycles. The molecule has 4 saturated carbocycles. The van der Waals surface area contributed by atoms with Crippen LogP contribution in [0.1, 0.15) is 55.3 Å². The second-order valence-electron chi connectivity index (χ2n) is 7.42. The van der Waals surface area contributed by atoms with Crippen LogP contribution in [-0.2, 0) is 0 Å². The Morgan fingerprint density at radius 3 is 2.29 bits per heavy atom. The van der Waals surface area contributed by atoms with Crippen molar-refractivity contribution < 1.29 is 4.79 Å². The molecule has 21 heavy (non-hydrogen) atoms. The van der Waals surface area contributed by atoms with Crippen molar-refractivity contribution in [2.24, 2.45) is 23.2 Å². The number of nitrogens with one attached hydrogen (secondary N) is 1. The third kappa shape index (κ3) is 2.24. The maximum Gasteiger partial charge on any atom is 0.282 e. The van der Waals surface area contributed by atoms with Crippen LogP contribution in [0, 0.1) is 23.2 Å². The Kier molecular flexibility index (Phi) is 3.00. The van der Waals surface area contributed by atoms with Crippen LogP contribution in [0.3, 0.4) is 0 Å². The monoisotopic (exact) mass is 306 g/mol. The van der Waals surface area contributed by atoms with E-state index < -0.39 is 0 Å². The van der Waals surface area contributed by atoms with Crippen LogP contribution in [0.2, 0.25) is 0 Å². The predicted octanol–water partition coefficient (Wildman–Crippen LogP) is 2.46. The second kappa shape index (κ2) is 4.66. The molecule has 0 spiro atoms. The molecule has 5 rings (SSSR count). The van der Waals surface area contributed by atoms with E-state index in [4.69, 9.17) is 5.73 Å². The minimum atomic E-state index is -0.118. The van der Waals surface area contributed by atoms with E-state index in [9.17, 15) is 4.79 Å². The van der Waals surface area contributed by atoms with E-state index in [1.807, 2.05) is 0 Å². The van der Waals surface area contributed by atoms with Crippen LogP contribution in [0.5, 0.6) is 0 Å². The fourth-order valence-electron chi connectivity index (χ4n) is 5.45. The molecule has 4 fully saturated rings. The summed E-state index contributed by atoms with van der Waals surface area (Å²) in [6.45, 7) is 2.18. The van der Waals surface area contributed by atoms with Crippen molar-refractivity contribution in [1.82, 2.24) is 15.5 Å². The molecular weight excluding hydrogens is 284 g/mol. The standard InChI is InChI=1S/C15H22N4OS/c1-8(17-12(20)13-18-19-14(16)21-13)15-5-9-2-10(6-15)4-11(3-9)7-15/h8-11H,2-7H2,1H3,(H2,16,19)(H,17,20). The van der Waals surface area contributed by atoms with Gasteiger partial charge in [-0.1, -0.05) is 11.3 Å². The molecule has 114 valence electrons. The highest BCUT2D eigenvalue weighted by molar-refractivity contribution is 7.16. The first-order valence-corrected chi connectivity index (χ1v) is 8.75. The summed E-state index contributed by atoms with van der Waals surface area (Å²) in [6.07, 6.45) is 8.14. The van der Waals surface area contributed by atoms with Crippen molar-refractivity contribution >= 4 is 22.4 Å². The van der Waals surface area contributed by atoms with Gasteiger partial charge in [-0.25, -0.2) is 0 Å². The molecular formula is C15H22N4OS. The summed E-state index contributed by atoms with van der Waals surface area (Å²) in [5.74, 6) is 2.57. The van der Waals surface area contributed by atoms with Crippen molar-refractivity contribution in [2.75, 3.05) is 5.73 Å². The van der Waals surface area contributed by atoms with Crippen LogP contribution in [-0.4, -0.2) is 22.1 Å². The van der Waals surface area contributed by atoms with Gasteiger partial charge in [-0.2, -0.15) is 0 Å². The molecule has 4 bridgehead atoms. The number of nitrogens with two attached hydrogens (primary N) is 1. The number of aromatic nitrogens is 2. The molecule has 1 aromatic heterocycles. The summed E-state index contributed by atoms with van der Waals surface area (Å²) in [5.41, 5.74) is 5.88. The van der Waals surface area contributed by atoms with Crippen LogP contribution in [0.25, 0.3) is 0 Å². The largest absolute Gasteiger partial charge is 0.374 e. The summed E-state index contributed by atoms with van der Waals surface area (Å²) in [4.78, 5) is 12.3. The van der Waals surface area contributed by atoms with Crippen LogP contribution >= 0.6 is 11.3 Å². The summed E-state index contributed by atoms with van der Waals surface area (Å²) >= 11 is 1.16. The van der Waals surface area contributed by atoms with Gasteiger partial charge in [0.15, 0.2) is 0 Å². The Balaban J connectivity index is 1.50. The third-order valence-electron chi connectivity index (χ3n) is 5.99. The maximum absolute atomic E-state index is 12.3. The van der Waals surface area contributed by atoms with E-state index in [1.165, 1.54) is 38.5 Å². The third-order valence-corrected chi connectivity index (χ3v) is 6.74. The van der Waals surface area contributed by atoms with Gasteiger partial charge in [0.25, 0.3) is 5.91 Å². The normalized spacial score (nSPS) is 38.4. The van der Waals surface area contributed by atoms with Crippen LogP contribution in [0.4, 0.5) is 5.13 Å². The van der Waals surface area contributed by atoms with Gasteiger partial charge in [-0.3, -0.25) is 4.79 Å². The number of amides is 1. The number of hydrogen-bond acceptors (Lipinski definition) is 5. The number of carbonyl (C=O) groups excluding carboxylic acids is 1. The number of carbonyl (C=O) groups is 1. The zero-order valence-electron chi connectivity index (χ0n) is 12.3. The van der Waals surface area contributed by atoms with Gasteiger partial charge in [0.1, 0.15) is 0 Å². The minimum absolute atomic E-state index is 0.118. The number of rotatable bonds is 3. The van der Waals surface area contributed by atoms with Crippen LogP contribution < -0.4 is 11.1 Å². The first kappa shape index (κ1) is 13.5. The molecule has 3 N–H and O–H groups in total. The van der Waals surface area contributed by atoms with Crippen molar-refractivity contribution in [3.05, 3.63) is 5.01 Å². The molecule has 4 aliphatic rings. The molecule has 1 unspecified atom stereocenters. The molecule has 1 aromatic rings. The number of nitrogen functional groups attached to an aromatic ring is 1. The zero-order chi connectivity index (χ0) is 14.6. The summed E-state index contributed by atoms with van der Waals surface area (Å²) in [6, 6.07) is 0.212. The fourth-order valence-corrected chi connectivity index (χ4v) is 5.96. The highest BCUT2D eigenvalue weighted by Gasteiger charge is 2.53. The fraction of sp³-hybridized carbons (Fsp3) is 0.800. The lowest BCUT2D eigenvalue weighted by molar-refractivity contribution is -0.0688. The van der Waals surface area contributed by atoms with E-state index in [1.54, 1.807) is 0 Å². The van der Waals surface area contributed by atoms with Crippen molar-refractivity contribution in [3.8, 4) is 0 Å². The van der Waals surface area contributed by atoms with Gasteiger partial charge >= 0.3 is 0 Å². The van der Waals surface area contributed by atoms with Crippen molar-refractivity contribution in [2.45, 2.75) is 51.5 Å². The first-order valence-electron chi connectivity index (χ1n) is 7.94. The Labute approximate surface area is 128 Å². The molecule has 6 heteroatoms. The van der Waals surface area contributed by atoms with Gasteiger partial charge in [0, 0.05) is 6.04 Å². The summed E-state index contributed by atoms with van der Waals surface area (Å²) < 4.78 is 0. The number of nitrogens with zero attached hydrogens (tertiary/aromatic N) is 2. The highest BCUT2D eigenvalue weighted by Crippen LogP contribution is 2.61. The van der Waals surface area contributed by atoms with Crippen molar-refractivity contribution in [1.29, 1.82) is 0 Å². The topological polar surface area (TPSA) is 80.9 Å². The van der Waals surface area contributed by atoms with Gasteiger partial charge in [0.05, 0.1) is 0 Å². The molecule has 0 aliphatic heterocycles. The average molecular weight is 306 g/mol. The molecule has 5 nitrogen and oxygen atoms in total. The van der Waals surface area contributed by atoms with Crippen molar-refractivity contribution in [3.63, 3.8) is 0 Å². The Bertz CT molecular complexity index is 534. The highest BCUT2D eigenvalue weighted by atomic mass is 32.1. The second-order valence-corrected chi connectivity index (χ2v) is 8.43. The zero-order valence-corrected chi connectivity index (χ0v) is 13.2. The lowest BCUT2D eigenvalue weighted by Gasteiger charge is -2.59. The lowest BCUT2D eigenvalue weighted by Crippen LogP contribution is -2.55. The van der Waals surface area contributed by atoms with E-state index in [0.29, 0.717) is 15.6 Å². The van der Waals surface area contributed by atoms with E-state index in [2.05, 4.69) is 22.4 Å². The minimum Gasteiger partial charge on any atom is -0.374 e.